The van der Waals surface area contributed by atoms with Crippen LogP contribution in [0, 0.1) is 0 Å². The Morgan fingerprint density at radius 2 is 2.05 bits per heavy atom. The molecule has 2 rings (SSSR count). The molecule has 7 heteroatoms. The van der Waals surface area contributed by atoms with Crippen molar-refractivity contribution in [3.05, 3.63) is 47.5 Å². The van der Waals surface area contributed by atoms with Crippen LogP contribution >= 0.6 is 0 Å². The van der Waals surface area contributed by atoms with E-state index in [4.69, 9.17) is 0 Å². The van der Waals surface area contributed by atoms with Crippen molar-refractivity contribution in [2.24, 2.45) is 0 Å². The summed E-state index contributed by atoms with van der Waals surface area (Å²) in [5.74, 6) is 0. The van der Waals surface area contributed by atoms with Crippen molar-refractivity contribution in [3.63, 3.8) is 0 Å². The Balaban J connectivity index is 2.06. The molecule has 1 N–H and O–H groups in total. The molecular weight excluding hydrogens is 257 g/mol. The summed E-state index contributed by atoms with van der Waals surface area (Å²) in [6.07, 6.45) is -0.874. The van der Waals surface area contributed by atoms with Crippen LogP contribution in [0.4, 0.5) is 13.2 Å². The van der Waals surface area contributed by atoms with Crippen LogP contribution in [0.3, 0.4) is 0 Å². The molecule has 102 valence electrons. The van der Waals surface area contributed by atoms with Crippen molar-refractivity contribution < 1.29 is 13.2 Å². The summed E-state index contributed by atoms with van der Waals surface area (Å²) in [6, 6.07) is 3.66. The van der Waals surface area contributed by atoms with E-state index >= 15 is 0 Å². The first-order valence-electron chi connectivity index (χ1n) is 5.67. The maximum atomic E-state index is 12.4. The Kier molecular flexibility index (Phi) is 3.84. The predicted octanol–water partition coefficient (Wildman–Crippen LogP) is 2.06. The minimum absolute atomic E-state index is 0.218. The van der Waals surface area contributed by atoms with Crippen LogP contribution in [0.5, 0.6) is 0 Å². The van der Waals surface area contributed by atoms with Crippen LogP contribution < -0.4 is 5.32 Å². The van der Waals surface area contributed by atoms with Crippen molar-refractivity contribution in [2.75, 3.05) is 7.05 Å². The van der Waals surface area contributed by atoms with Gasteiger partial charge in [-0.05, 0) is 18.7 Å². The Morgan fingerprint density at radius 3 is 2.58 bits per heavy atom. The van der Waals surface area contributed by atoms with Crippen LogP contribution in [0.25, 0.3) is 0 Å². The number of hydrogen-bond donors (Lipinski definition) is 1. The van der Waals surface area contributed by atoms with Crippen LogP contribution in [0.2, 0.25) is 0 Å². The van der Waals surface area contributed by atoms with Crippen molar-refractivity contribution in [1.82, 2.24) is 20.1 Å². The number of rotatable bonds is 4. The van der Waals surface area contributed by atoms with Crippen LogP contribution in [0.15, 0.2) is 30.7 Å². The molecule has 0 radical (unpaired) electrons. The topological polar surface area (TPSA) is 42.7 Å². The average molecular weight is 270 g/mol. The van der Waals surface area contributed by atoms with E-state index in [2.05, 4.69) is 15.4 Å². The molecule has 2 heterocycles. The van der Waals surface area contributed by atoms with Crippen molar-refractivity contribution in [3.8, 4) is 0 Å². The normalized spacial score (nSPS) is 11.8. The van der Waals surface area contributed by atoms with Gasteiger partial charge in [-0.1, -0.05) is 6.07 Å². The third kappa shape index (κ3) is 3.54. The summed E-state index contributed by atoms with van der Waals surface area (Å²) < 4.78 is 38.4. The number of halogens is 3. The summed E-state index contributed by atoms with van der Waals surface area (Å²) in [5.41, 5.74) is 0.929. The number of aromatic nitrogens is 3. The number of pyridine rings is 1. The van der Waals surface area contributed by atoms with Gasteiger partial charge in [0, 0.05) is 18.9 Å². The fourth-order valence-corrected chi connectivity index (χ4v) is 1.62. The summed E-state index contributed by atoms with van der Waals surface area (Å²) in [6.45, 7) is 0.920. The zero-order valence-corrected chi connectivity index (χ0v) is 10.3. The zero-order valence-electron chi connectivity index (χ0n) is 10.3. The van der Waals surface area contributed by atoms with Gasteiger partial charge in [-0.15, -0.1) is 0 Å². The second kappa shape index (κ2) is 5.40. The average Bonchev–Trinajstić information content (AvgIpc) is 2.80. The summed E-state index contributed by atoms with van der Waals surface area (Å²) in [7, 11) is 1.83. The molecular formula is C12H13F3N4. The van der Waals surface area contributed by atoms with Crippen molar-refractivity contribution in [2.45, 2.75) is 19.3 Å². The largest absolute Gasteiger partial charge is 0.419 e. The Bertz CT molecular complexity index is 531. The molecule has 0 aliphatic heterocycles. The molecule has 0 unspecified atom stereocenters. The first-order chi connectivity index (χ1) is 8.99. The molecule has 0 aliphatic rings. The van der Waals surface area contributed by atoms with Gasteiger partial charge in [0.2, 0.25) is 0 Å². The molecule has 0 fully saturated rings. The number of nitrogens with one attached hydrogen (secondary N) is 1. The Morgan fingerprint density at radius 1 is 1.26 bits per heavy atom. The molecule has 2 aromatic rings. The van der Waals surface area contributed by atoms with E-state index in [1.807, 2.05) is 13.1 Å². The molecule has 19 heavy (non-hydrogen) atoms. The third-order valence-electron chi connectivity index (χ3n) is 2.55. The van der Waals surface area contributed by atoms with Gasteiger partial charge < -0.3 is 5.32 Å². The number of alkyl halides is 3. The van der Waals surface area contributed by atoms with E-state index in [0.717, 1.165) is 18.0 Å². The SMILES string of the molecule is CNCc1ccc(Cn2cc(C(F)(F)F)cn2)nc1. The van der Waals surface area contributed by atoms with Gasteiger partial charge in [-0.3, -0.25) is 9.67 Å². The molecule has 0 saturated heterocycles. The highest BCUT2D eigenvalue weighted by molar-refractivity contribution is 5.15. The van der Waals surface area contributed by atoms with Gasteiger partial charge in [-0.25, -0.2) is 0 Å². The lowest BCUT2D eigenvalue weighted by Crippen LogP contribution is -2.07. The third-order valence-corrected chi connectivity index (χ3v) is 2.55. The predicted molar refractivity (Wildman–Crippen MR) is 63.3 cm³/mol. The van der Waals surface area contributed by atoms with E-state index in [1.54, 1.807) is 12.3 Å². The summed E-state index contributed by atoms with van der Waals surface area (Å²) in [4.78, 5) is 4.18. The van der Waals surface area contributed by atoms with Gasteiger partial charge in [0.1, 0.15) is 0 Å². The number of nitrogens with zero attached hydrogens (tertiary/aromatic N) is 3. The molecule has 0 bridgehead atoms. The van der Waals surface area contributed by atoms with Crippen LogP contribution in [-0.2, 0) is 19.3 Å². The van der Waals surface area contributed by atoms with Gasteiger partial charge >= 0.3 is 6.18 Å². The minimum Gasteiger partial charge on any atom is -0.316 e. The first-order valence-corrected chi connectivity index (χ1v) is 5.67. The second-order valence-corrected chi connectivity index (χ2v) is 4.11. The number of hydrogen-bond acceptors (Lipinski definition) is 3. The second-order valence-electron chi connectivity index (χ2n) is 4.11. The molecule has 0 saturated carbocycles. The molecule has 0 spiro atoms. The highest BCUT2D eigenvalue weighted by Crippen LogP contribution is 2.28. The minimum atomic E-state index is -4.36. The van der Waals surface area contributed by atoms with Gasteiger partial charge in [0.25, 0.3) is 0 Å². The van der Waals surface area contributed by atoms with Crippen LogP contribution in [-0.4, -0.2) is 21.8 Å². The molecule has 4 nitrogen and oxygen atoms in total. The Hall–Kier alpha value is -1.89. The van der Waals surface area contributed by atoms with E-state index < -0.39 is 11.7 Å². The highest BCUT2D eigenvalue weighted by Gasteiger charge is 2.32. The lowest BCUT2D eigenvalue weighted by molar-refractivity contribution is -0.137. The lowest BCUT2D eigenvalue weighted by atomic mass is 10.2. The fraction of sp³-hybridized carbons (Fsp3) is 0.333. The molecule has 2 aromatic heterocycles. The first kappa shape index (κ1) is 13.5. The fourth-order valence-electron chi connectivity index (χ4n) is 1.62. The molecule has 0 aliphatic carbocycles. The van der Waals surface area contributed by atoms with E-state index in [-0.39, 0.29) is 6.54 Å². The van der Waals surface area contributed by atoms with Crippen molar-refractivity contribution in [1.29, 1.82) is 0 Å². The van der Waals surface area contributed by atoms with Gasteiger partial charge in [-0.2, -0.15) is 18.3 Å². The molecule has 0 aromatic carbocycles. The van der Waals surface area contributed by atoms with Crippen LogP contribution in [0.1, 0.15) is 16.8 Å². The maximum absolute atomic E-state index is 12.4. The Labute approximate surface area is 108 Å². The standard InChI is InChI=1S/C12H13F3N4/c1-16-4-9-2-3-11(17-5-9)8-19-7-10(6-18-19)12(13,14)15/h2-3,5-7,16H,4,8H2,1H3. The highest BCUT2D eigenvalue weighted by atomic mass is 19.4. The zero-order chi connectivity index (χ0) is 13.9. The monoisotopic (exact) mass is 270 g/mol. The van der Waals surface area contributed by atoms with Crippen molar-refractivity contribution >= 4 is 0 Å². The summed E-state index contributed by atoms with van der Waals surface area (Å²) in [5, 5.41) is 6.67. The molecule has 0 atom stereocenters. The van der Waals surface area contributed by atoms with Gasteiger partial charge in [0.15, 0.2) is 0 Å². The smallest absolute Gasteiger partial charge is 0.316 e. The van der Waals surface area contributed by atoms with E-state index in [1.165, 1.54) is 4.68 Å². The molecule has 0 amide bonds. The quantitative estimate of drug-likeness (QED) is 0.924. The summed E-state index contributed by atoms with van der Waals surface area (Å²) >= 11 is 0. The van der Waals surface area contributed by atoms with E-state index in [9.17, 15) is 13.2 Å². The maximum Gasteiger partial charge on any atom is 0.419 e. The lowest BCUT2D eigenvalue weighted by Gasteiger charge is -2.04. The van der Waals surface area contributed by atoms with Gasteiger partial charge in [0.05, 0.1) is 24.0 Å². The van der Waals surface area contributed by atoms with E-state index in [0.29, 0.717) is 12.2 Å².